The van der Waals surface area contributed by atoms with Crippen LogP contribution in [0.1, 0.15) is 30.0 Å². The molecular formula is C18H19BrN2O. The molecule has 0 aromatic heterocycles. The quantitative estimate of drug-likeness (QED) is 0.877. The van der Waals surface area contributed by atoms with Gasteiger partial charge in [-0.3, -0.25) is 4.79 Å². The van der Waals surface area contributed by atoms with E-state index in [4.69, 9.17) is 5.73 Å². The Hall–Kier alpha value is -1.65. The van der Waals surface area contributed by atoms with Gasteiger partial charge in [-0.05, 0) is 67.1 Å². The minimum Gasteiger partial charge on any atom is -0.324 e. The Morgan fingerprint density at radius 3 is 2.55 bits per heavy atom. The maximum Gasteiger partial charge on any atom is 0.248 e. The molecule has 3 nitrogen and oxygen atoms in total. The van der Waals surface area contributed by atoms with Gasteiger partial charge in [0.15, 0.2) is 0 Å². The number of hydrogen-bond acceptors (Lipinski definition) is 2. The second kappa shape index (κ2) is 5.86. The van der Waals surface area contributed by atoms with Gasteiger partial charge >= 0.3 is 0 Å². The highest BCUT2D eigenvalue weighted by atomic mass is 79.9. The molecule has 1 aliphatic rings. The van der Waals surface area contributed by atoms with Crippen LogP contribution in [0.25, 0.3) is 0 Å². The molecule has 0 saturated carbocycles. The first-order chi connectivity index (χ1) is 10.5. The monoisotopic (exact) mass is 358 g/mol. The van der Waals surface area contributed by atoms with Gasteiger partial charge in [0.25, 0.3) is 0 Å². The van der Waals surface area contributed by atoms with E-state index in [1.54, 1.807) is 6.92 Å². The molecule has 1 atom stereocenters. The summed E-state index contributed by atoms with van der Waals surface area (Å²) in [7, 11) is 0. The molecule has 2 aromatic carbocycles. The summed E-state index contributed by atoms with van der Waals surface area (Å²) in [6, 6.07) is 13.6. The fourth-order valence-corrected chi connectivity index (χ4v) is 3.10. The zero-order valence-electron chi connectivity index (χ0n) is 12.5. The molecule has 0 bridgehead atoms. The molecule has 3 rings (SSSR count). The minimum absolute atomic E-state index is 0.201. The number of rotatable bonds is 3. The van der Waals surface area contributed by atoms with Crippen molar-refractivity contribution in [2.24, 2.45) is 5.73 Å². The summed E-state index contributed by atoms with van der Waals surface area (Å²) in [5.41, 5.74) is 9.52. The normalized spacial score (nSPS) is 16.0. The predicted octanol–water partition coefficient (Wildman–Crippen LogP) is 3.75. The molecule has 1 amide bonds. The van der Waals surface area contributed by atoms with Crippen molar-refractivity contribution in [3.8, 4) is 0 Å². The third kappa shape index (κ3) is 2.94. The lowest BCUT2D eigenvalue weighted by Gasteiger charge is -2.24. The Kier molecular flexibility index (Phi) is 4.06. The average molecular weight is 359 g/mol. The number of benzene rings is 2. The number of fused-ring (bicyclic) bond motifs is 1. The van der Waals surface area contributed by atoms with E-state index >= 15 is 0 Å². The van der Waals surface area contributed by atoms with Crippen molar-refractivity contribution < 1.29 is 4.79 Å². The third-order valence-corrected chi connectivity index (χ3v) is 4.80. The lowest BCUT2D eigenvalue weighted by atomic mass is 9.92. The van der Waals surface area contributed by atoms with E-state index in [0.717, 1.165) is 28.6 Å². The highest BCUT2D eigenvalue weighted by molar-refractivity contribution is 9.10. The first kappa shape index (κ1) is 15.3. The fourth-order valence-electron chi connectivity index (χ4n) is 2.84. The predicted molar refractivity (Wildman–Crippen MR) is 92.8 cm³/mol. The SMILES string of the molecule is CC(N)(C(=O)Nc1ccc2c(c1)CCC2)c1ccc(Br)cc1. The second-order valence-corrected chi connectivity index (χ2v) is 6.92. The van der Waals surface area contributed by atoms with Crippen molar-refractivity contribution in [2.45, 2.75) is 31.7 Å². The highest BCUT2D eigenvalue weighted by Gasteiger charge is 2.30. The van der Waals surface area contributed by atoms with Gasteiger partial charge in [-0.2, -0.15) is 0 Å². The van der Waals surface area contributed by atoms with Crippen molar-refractivity contribution in [1.29, 1.82) is 0 Å². The van der Waals surface area contributed by atoms with E-state index in [0.29, 0.717) is 0 Å². The van der Waals surface area contributed by atoms with Crippen LogP contribution >= 0.6 is 15.9 Å². The van der Waals surface area contributed by atoms with Crippen LogP contribution in [0.15, 0.2) is 46.9 Å². The molecule has 22 heavy (non-hydrogen) atoms. The molecule has 2 aromatic rings. The van der Waals surface area contributed by atoms with Crippen LogP contribution in [0, 0.1) is 0 Å². The van der Waals surface area contributed by atoms with Gasteiger partial charge in [0.2, 0.25) is 5.91 Å². The molecule has 0 fully saturated rings. The van der Waals surface area contributed by atoms with Gasteiger partial charge in [0, 0.05) is 10.2 Å². The second-order valence-electron chi connectivity index (χ2n) is 6.00. The van der Waals surface area contributed by atoms with Gasteiger partial charge in [0.05, 0.1) is 0 Å². The van der Waals surface area contributed by atoms with Gasteiger partial charge < -0.3 is 11.1 Å². The van der Waals surface area contributed by atoms with Crippen molar-refractivity contribution in [3.05, 3.63) is 63.6 Å². The largest absolute Gasteiger partial charge is 0.324 e. The highest BCUT2D eigenvalue weighted by Crippen LogP contribution is 2.26. The van der Waals surface area contributed by atoms with Crippen molar-refractivity contribution in [1.82, 2.24) is 0 Å². The summed E-state index contributed by atoms with van der Waals surface area (Å²) in [5, 5.41) is 2.95. The lowest BCUT2D eigenvalue weighted by molar-refractivity contribution is -0.120. The zero-order valence-corrected chi connectivity index (χ0v) is 14.1. The summed E-state index contributed by atoms with van der Waals surface area (Å²) in [5.74, 6) is -0.201. The first-order valence-electron chi connectivity index (χ1n) is 7.45. The van der Waals surface area contributed by atoms with Crippen LogP contribution in [0.2, 0.25) is 0 Å². The summed E-state index contributed by atoms with van der Waals surface area (Å²) < 4.78 is 0.964. The average Bonchev–Trinajstić information content (AvgIpc) is 2.95. The van der Waals surface area contributed by atoms with Crippen molar-refractivity contribution >= 4 is 27.5 Å². The Balaban J connectivity index is 1.79. The van der Waals surface area contributed by atoms with E-state index in [-0.39, 0.29) is 5.91 Å². The van der Waals surface area contributed by atoms with Crippen LogP contribution < -0.4 is 11.1 Å². The number of carbonyl (C=O) groups is 1. The van der Waals surface area contributed by atoms with Gasteiger partial charge in [-0.25, -0.2) is 0 Å². The molecule has 4 heteroatoms. The fraction of sp³-hybridized carbons (Fsp3) is 0.278. The molecule has 0 heterocycles. The van der Waals surface area contributed by atoms with Crippen molar-refractivity contribution in [2.75, 3.05) is 5.32 Å². The number of nitrogens with two attached hydrogens (primary N) is 1. The van der Waals surface area contributed by atoms with Crippen LogP contribution in [0.3, 0.4) is 0 Å². The lowest BCUT2D eigenvalue weighted by Crippen LogP contribution is -2.45. The molecule has 0 saturated heterocycles. The van der Waals surface area contributed by atoms with Crippen LogP contribution in [-0.2, 0) is 23.2 Å². The van der Waals surface area contributed by atoms with Crippen molar-refractivity contribution in [3.63, 3.8) is 0 Å². The van der Waals surface area contributed by atoms with Gasteiger partial charge in [-0.1, -0.05) is 34.1 Å². The number of anilines is 1. The standard InChI is InChI=1S/C18H19BrN2O/c1-18(20,14-6-8-15(19)9-7-14)17(22)21-16-10-5-12-3-2-4-13(12)11-16/h5-11H,2-4,20H2,1H3,(H,21,22). The maximum absolute atomic E-state index is 12.6. The van der Waals surface area contributed by atoms with E-state index < -0.39 is 5.54 Å². The molecule has 1 aliphatic carbocycles. The number of aryl methyl sites for hydroxylation is 2. The molecule has 3 N–H and O–H groups in total. The van der Waals surface area contributed by atoms with Crippen LogP contribution in [-0.4, -0.2) is 5.91 Å². The van der Waals surface area contributed by atoms with Crippen LogP contribution in [0.4, 0.5) is 5.69 Å². The summed E-state index contributed by atoms with van der Waals surface area (Å²) in [6.45, 7) is 1.74. The molecule has 114 valence electrons. The Morgan fingerprint density at radius 1 is 1.14 bits per heavy atom. The summed E-state index contributed by atoms with van der Waals surface area (Å²) in [6.07, 6.45) is 3.42. The van der Waals surface area contributed by atoms with Gasteiger partial charge in [-0.15, -0.1) is 0 Å². The van der Waals surface area contributed by atoms with E-state index in [2.05, 4.69) is 33.4 Å². The molecule has 0 spiro atoms. The maximum atomic E-state index is 12.6. The molecule has 0 aliphatic heterocycles. The first-order valence-corrected chi connectivity index (χ1v) is 8.24. The number of nitrogens with one attached hydrogen (secondary N) is 1. The minimum atomic E-state index is -1.07. The van der Waals surface area contributed by atoms with E-state index in [1.807, 2.05) is 30.3 Å². The smallest absolute Gasteiger partial charge is 0.248 e. The zero-order chi connectivity index (χ0) is 15.7. The third-order valence-electron chi connectivity index (χ3n) is 4.27. The van der Waals surface area contributed by atoms with Gasteiger partial charge in [0.1, 0.15) is 5.54 Å². The Bertz CT molecular complexity index is 708. The summed E-state index contributed by atoms with van der Waals surface area (Å²) in [4.78, 5) is 12.6. The Labute approximate surface area is 139 Å². The molecule has 1 unspecified atom stereocenters. The molecular weight excluding hydrogens is 340 g/mol. The van der Waals surface area contributed by atoms with Crippen LogP contribution in [0.5, 0.6) is 0 Å². The topological polar surface area (TPSA) is 55.1 Å². The number of hydrogen-bond donors (Lipinski definition) is 2. The summed E-state index contributed by atoms with van der Waals surface area (Å²) >= 11 is 3.39. The molecule has 0 radical (unpaired) electrons. The van der Waals surface area contributed by atoms with E-state index in [9.17, 15) is 4.79 Å². The number of carbonyl (C=O) groups excluding carboxylic acids is 1. The number of amides is 1. The van der Waals surface area contributed by atoms with E-state index in [1.165, 1.54) is 17.5 Å². The number of halogens is 1. The Morgan fingerprint density at radius 2 is 1.82 bits per heavy atom.